The Balaban J connectivity index is 1.75. The molecule has 178 valence electrons. The van der Waals surface area contributed by atoms with Gasteiger partial charge in [-0.25, -0.2) is 14.8 Å². The summed E-state index contributed by atoms with van der Waals surface area (Å²) < 4.78 is 76.9. The SMILES string of the molecule is CC(C)[C@H]1CN(c2ccc(C(F)(F)F)cn2)C(=O)N1CC(=O)Nc1cc(C(F)(F)F)ccn1. The first kappa shape index (κ1) is 24.3. The van der Waals surface area contributed by atoms with Crippen molar-refractivity contribution in [1.29, 1.82) is 0 Å². The normalized spacial score (nSPS) is 17.1. The standard InChI is InChI=1S/C20H19F6N5O2/c1-11(2)14-9-31(16-4-3-13(8-28-16)20(24,25)26)18(33)30(14)10-17(32)29-15-7-12(5-6-27-15)19(21,22)23/h3-8,11,14H,9-10H2,1-2H3,(H,27,29,32)/t14-/m1/s1. The quantitative estimate of drug-likeness (QED) is 0.650. The lowest BCUT2D eigenvalue weighted by molar-refractivity contribution is -0.138. The molecule has 1 atom stereocenters. The second-order valence-electron chi connectivity index (χ2n) is 7.71. The molecule has 0 unspecified atom stereocenters. The number of carbonyl (C=O) groups excluding carboxylic acids is 2. The third-order valence-corrected chi connectivity index (χ3v) is 5.04. The number of alkyl halides is 6. The molecule has 1 fully saturated rings. The summed E-state index contributed by atoms with van der Waals surface area (Å²) in [5, 5.41) is 2.24. The molecule has 3 rings (SSSR count). The number of rotatable bonds is 5. The molecule has 1 saturated heterocycles. The Morgan fingerprint density at radius 2 is 1.76 bits per heavy atom. The number of anilines is 2. The number of hydrogen-bond acceptors (Lipinski definition) is 4. The largest absolute Gasteiger partial charge is 0.417 e. The first-order valence-electron chi connectivity index (χ1n) is 9.72. The molecular formula is C20H19F6N5O2. The third kappa shape index (κ3) is 5.52. The van der Waals surface area contributed by atoms with Crippen molar-refractivity contribution >= 4 is 23.6 Å². The van der Waals surface area contributed by atoms with Crippen LogP contribution in [0.25, 0.3) is 0 Å². The Hall–Kier alpha value is -3.38. The zero-order valence-corrected chi connectivity index (χ0v) is 17.4. The topological polar surface area (TPSA) is 78.4 Å². The van der Waals surface area contributed by atoms with Crippen molar-refractivity contribution in [3.8, 4) is 0 Å². The zero-order valence-electron chi connectivity index (χ0n) is 17.4. The monoisotopic (exact) mass is 475 g/mol. The average Bonchev–Trinajstić information content (AvgIpc) is 3.03. The van der Waals surface area contributed by atoms with Gasteiger partial charge in [-0.1, -0.05) is 13.8 Å². The molecule has 33 heavy (non-hydrogen) atoms. The number of carbonyl (C=O) groups is 2. The molecule has 3 heterocycles. The highest BCUT2D eigenvalue weighted by Gasteiger charge is 2.41. The van der Waals surface area contributed by atoms with Gasteiger partial charge in [0.05, 0.1) is 17.2 Å². The molecule has 0 bridgehead atoms. The van der Waals surface area contributed by atoms with Crippen LogP contribution < -0.4 is 10.2 Å². The highest BCUT2D eigenvalue weighted by molar-refractivity contribution is 5.99. The Morgan fingerprint density at radius 3 is 2.30 bits per heavy atom. The molecular weight excluding hydrogens is 456 g/mol. The first-order chi connectivity index (χ1) is 15.3. The van der Waals surface area contributed by atoms with E-state index in [1.54, 1.807) is 13.8 Å². The second kappa shape index (κ2) is 8.87. The van der Waals surface area contributed by atoms with Crippen LogP contribution >= 0.6 is 0 Å². The maximum Gasteiger partial charge on any atom is 0.417 e. The van der Waals surface area contributed by atoms with Gasteiger partial charge in [0, 0.05) is 18.9 Å². The molecule has 0 aromatic carbocycles. The van der Waals surface area contributed by atoms with Crippen LogP contribution in [0.4, 0.5) is 42.8 Å². The van der Waals surface area contributed by atoms with Crippen LogP contribution in [-0.2, 0) is 17.1 Å². The van der Waals surface area contributed by atoms with Gasteiger partial charge in [0.1, 0.15) is 18.2 Å². The van der Waals surface area contributed by atoms with E-state index in [0.717, 1.165) is 29.3 Å². The van der Waals surface area contributed by atoms with Gasteiger partial charge >= 0.3 is 18.4 Å². The van der Waals surface area contributed by atoms with Crippen molar-refractivity contribution in [1.82, 2.24) is 14.9 Å². The molecule has 1 aliphatic heterocycles. The van der Waals surface area contributed by atoms with Gasteiger partial charge in [-0.3, -0.25) is 9.69 Å². The summed E-state index contributed by atoms with van der Waals surface area (Å²) in [5.74, 6) is -1.25. The van der Waals surface area contributed by atoms with Crippen molar-refractivity contribution < 1.29 is 35.9 Å². The third-order valence-electron chi connectivity index (χ3n) is 5.04. The first-order valence-corrected chi connectivity index (χ1v) is 9.72. The Morgan fingerprint density at radius 1 is 1.09 bits per heavy atom. The minimum atomic E-state index is -4.62. The number of pyridine rings is 2. The minimum absolute atomic E-state index is 0.0129. The van der Waals surface area contributed by atoms with Gasteiger partial charge < -0.3 is 10.2 Å². The highest BCUT2D eigenvalue weighted by atomic mass is 19.4. The molecule has 1 aliphatic rings. The van der Waals surface area contributed by atoms with Gasteiger partial charge in [-0.05, 0) is 30.2 Å². The van der Waals surface area contributed by atoms with E-state index in [1.165, 1.54) is 4.90 Å². The van der Waals surface area contributed by atoms with Gasteiger partial charge in [-0.15, -0.1) is 0 Å². The van der Waals surface area contributed by atoms with Crippen LogP contribution in [0.15, 0.2) is 36.7 Å². The predicted octanol–water partition coefficient (Wildman–Crippen LogP) is 4.42. The van der Waals surface area contributed by atoms with E-state index < -0.39 is 48.0 Å². The highest BCUT2D eigenvalue weighted by Crippen LogP contribution is 2.32. The summed E-state index contributed by atoms with van der Waals surface area (Å²) in [6, 6.07) is 2.14. The fourth-order valence-electron chi connectivity index (χ4n) is 3.33. The summed E-state index contributed by atoms with van der Waals surface area (Å²) in [4.78, 5) is 35.1. The number of amides is 3. The molecule has 0 saturated carbocycles. The lowest BCUT2D eigenvalue weighted by Crippen LogP contribution is -2.42. The Labute approximate surface area is 184 Å². The van der Waals surface area contributed by atoms with E-state index in [9.17, 15) is 35.9 Å². The van der Waals surface area contributed by atoms with Gasteiger partial charge in [0.2, 0.25) is 5.91 Å². The maximum atomic E-state index is 12.9. The number of urea groups is 1. The number of hydrogen-bond donors (Lipinski definition) is 1. The van der Waals surface area contributed by atoms with Crippen molar-refractivity contribution in [2.45, 2.75) is 32.2 Å². The van der Waals surface area contributed by atoms with E-state index in [1.807, 2.05) is 0 Å². The molecule has 0 radical (unpaired) electrons. The summed E-state index contributed by atoms with van der Waals surface area (Å²) in [5.41, 5.74) is -1.97. The Kier molecular flexibility index (Phi) is 6.52. The van der Waals surface area contributed by atoms with E-state index in [4.69, 9.17) is 0 Å². The lowest BCUT2D eigenvalue weighted by Gasteiger charge is -2.25. The van der Waals surface area contributed by atoms with Crippen LogP contribution in [0.5, 0.6) is 0 Å². The van der Waals surface area contributed by atoms with Gasteiger partial charge in [0.15, 0.2) is 0 Å². The van der Waals surface area contributed by atoms with Crippen LogP contribution in [0.3, 0.4) is 0 Å². The number of aromatic nitrogens is 2. The van der Waals surface area contributed by atoms with Crippen LogP contribution in [0.2, 0.25) is 0 Å². The van der Waals surface area contributed by atoms with Gasteiger partial charge in [0.25, 0.3) is 0 Å². The zero-order chi connectivity index (χ0) is 24.6. The van der Waals surface area contributed by atoms with E-state index in [0.29, 0.717) is 12.3 Å². The smallest absolute Gasteiger partial charge is 0.310 e. The molecule has 0 aliphatic carbocycles. The van der Waals surface area contributed by atoms with Crippen molar-refractivity contribution in [3.05, 3.63) is 47.8 Å². The number of nitrogens with one attached hydrogen (secondary N) is 1. The fraction of sp³-hybridized carbons (Fsp3) is 0.400. The summed E-state index contributed by atoms with van der Waals surface area (Å²) in [6.07, 6.45) is -7.69. The van der Waals surface area contributed by atoms with Crippen molar-refractivity contribution in [2.75, 3.05) is 23.3 Å². The van der Waals surface area contributed by atoms with Crippen LogP contribution in [0, 0.1) is 5.92 Å². The predicted molar refractivity (Wildman–Crippen MR) is 105 cm³/mol. The fourth-order valence-corrected chi connectivity index (χ4v) is 3.33. The second-order valence-corrected chi connectivity index (χ2v) is 7.71. The summed E-state index contributed by atoms with van der Waals surface area (Å²) >= 11 is 0. The molecule has 2 aromatic rings. The van der Waals surface area contributed by atoms with Crippen molar-refractivity contribution in [3.63, 3.8) is 0 Å². The average molecular weight is 475 g/mol. The number of nitrogens with zero attached hydrogens (tertiary/aromatic N) is 4. The van der Waals surface area contributed by atoms with E-state index in [2.05, 4.69) is 15.3 Å². The number of halogens is 6. The molecule has 7 nitrogen and oxygen atoms in total. The van der Waals surface area contributed by atoms with E-state index in [-0.39, 0.29) is 24.1 Å². The Bertz CT molecular complexity index is 1020. The van der Waals surface area contributed by atoms with Crippen molar-refractivity contribution in [2.24, 2.45) is 5.92 Å². The van der Waals surface area contributed by atoms with E-state index >= 15 is 0 Å². The lowest BCUT2D eigenvalue weighted by atomic mass is 10.0. The summed E-state index contributed by atoms with van der Waals surface area (Å²) in [6.45, 7) is 3.17. The minimum Gasteiger partial charge on any atom is -0.310 e. The van der Waals surface area contributed by atoms with Crippen LogP contribution in [0.1, 0.15) is 25.0 Å². The summed E-state index contributed by atoms with van der Waals surface area (Å²) in [7, 11) is 0. The molecule has 2 aromatic heterocycles. The maximum absolute atomic E-state index is 12.9. The van der Waals surface area contributed by atoms with Gasteiger partial charge in [-0.2, -0.15) is 26.3 Å². The molecule has 3 amide bonds. The van der Waals surface area contributed by atoms with Crippen LogP contribution in [-0.4, -0.2) is 45.9 Å². The molecule has 13 heteroatoms. The molecule has 0 spiro atoms. The molecule has 1 N–H and O–H groups in total.